The second kappa shape index (κ2) is 2.75. The van der Waals surface area contributed by atoms with Crippen LogP contribution in [0.4, 0.5) is 0 Å². The molecule has 1 aliphatic carbocycles. The Morgan fingerprint density at radius 2 is 1.69 bits per heavy atom. The third-order valence-electron chi connectivity index (χ3n) is 2.51. The number of hydrogen-bond acceptors (Lipinski definition) is 4. The van der Waals surface area contributed by atoms with Gasteiger partial charge in [0.1, 0.15) is 0 Å². The summed E-state index contributed by atoms with van der Waals surface area (Å²) in [5.41, 5.74) is -1.52. The van der Waals surface area contributed by atoms with Crippen molar-refractivity contribution >= 4 is 11.6 Å². The Morgan fingerprint density at radius 3 is 2.15 bits per heavy atom. The van der Waals surface area contributed by atoms with E-state index in [2.05, 4.69) is 0 Å². The van der Waals surface area contributed by atoms with Crippen molar-refractivity contribution in [3.05, 3.63) is 11.1 Å². The number of carbonyl (C=O) groups is 2. The molecular weight excluding hydrogens is 172 g/mol. The van der Waals surface area contributed by atoms with Crippen molar-refractivity contribution in [1.82, 2.24) is 0 Å². The van der Waals surface area contributed by atoms with Gasteiger partial charge in [-0.05, 0) is 20.8 Å². The lowest BCUT2D eigenvalue weighted by atomic mass is 9.78. The highest BCUT2D eigenvalue weighted by Crippen LogP contribution is 2.26. The SMILES string of the molecule is CC1=C(C)C(=O)[C@@](C)(O)[C@@H](O)C1=O. The Kier molecular flexibility index (Phi) is 2.13. The van der Waals surface area contributed by atoms with E-state index in [4.69, 9.17) is 0 Å². The lowest BCUT2D eigenvalue weighted by Gasteiger charge is -2.31. The Morgan fingerprint density at radius 1 is 1.23 bits per heavy atom. The molecule has 0 fully saturated rings. The monoisotopic (exact) mass is 184 g/mol. The van der Waals surface area contributed by atoms with Gasteiger partial charge in [0, 0.05) is 11.1 Å². The Hall–Kier alpha value is -1.00. The summed E-state index contributed by atoms with van der Waals surface area (Å²) in [6.45, 7) is 4.08. The van der Waals surface area contributed by atoms with Crippen molar-refractivity contribution in [3.8, 4) is 0 Å². The van der Waals surface area contributed by atoms with Gasteiger partial charge in [0.25, 0.3) is 0 Å². The predicted octanol–water partition coefficient (Wildman–Crippen LogP) is -0.414. The van der Waals surface area contributed by atoms with Gasteiger partial charge in [-0.15, -0.1) is 0 Å². The van der Waals surface area contributed by atoms with E-state index in [1.54, 1.807) is 0 Å². The summed E-state index contributed by atoms with van der Waals surface area (Å²) in [6, 6.07) is 0. The summed E-state index contributed by atoms with van der Waals surface area (Å²) in [5, 5.41) is 18.8. The zero-order valence-electron chi connectivity index (χ0n) is 7.79. The van der Waals surface area contributed by atoms with Crippen LogP contribution in [0.3, 0.4) is 0 Å². The molecule has 0 saturated heterocycles. The Balaban J connectivity index is 3.31. The molecule has 4 nitrogen and oxygen atoms in total. The predicted molar refractivity (Wildman–Crippen MR) is 45.0 cm³/mol. The number of carbonyl (C=O) groups excluding carboxylic acids is 2. The maximum absolute atomic E-state index is 11.4. The van der Waals surface area contributed by atoms with E-state index in [0.29, 0.717) is 0 Å². The van der Waals surface area contributed by atoms with Crippen molar-refractivity contribution in [3.63, 3.8) is 0 Å². The van der Waals surface area contributed by atoms with Gasteiger partial charge in [0.05, 0.1) is 0 Å². The first kappa shape index (κ1) is 10.1. The summed E-state index contributed by atoms with van der Waals surface area (Å²) in [6.07, 6.45) is -1.64. The third-order valence-corrected chi connectivity index (χ3v) is 2.51. The highest BCUT2D eigenvalue weighted by molar-refractivity contribution is 6.17. The number of Topliss-reactive ketones (excluding diaryl/α,β-unsaturated/α-hetero) is 2. The van der Waals surface area contributed by atoms with Crippen LogP contribution in [0.25, 0.3) is 0 Å². The molecule has 1 aliphatic rings. The van der Waals surface area contributed by atoms with Gasteiger partial charge in [-0.1, -0.05) is 0 Å². The van der Waals surface area contributed by atoms with E-state index < -0.39 is 23.3 Å². The van der Waals surface area contributed by atoms with Gasteiger partial charge in [0.2, 0.25) is 0 Å². The largest absolute Gasteiger partial charge is 0.381 e. The zero-order chi connectivity index (χ0) is 10.4. The second-order valence-corrected chi connectivity index (χ2v) is 3.49. The molecule has 0 heterocycles. The molecule has 0 radical (unpaired) electrons. The smallest absolute Gasteiger partial charge is 0.193 e. The second-order valence-electron chi connectivity index (χ2n) is 3.49. The van der Waals surface area contributed by atoms with Crippen molar-refractivity contribution < 1.29 is 19.8 Å². The summed E-state index contributed by atoms with van der Waals surface area (Å²) in [5.74, 6) is -1.17. The molecule has 0 spiro atoms. The van der Waals surface area contributed by atoms with E-state index in [9.17, 15) is 19.8 Å². The maximum atomic E-state index is 11.4. The number of rotatable bonds is 0. The minimum absolute atomic E-state index is 0.223. The van der Waals surface area contributed by atoms with Crippen LogP contribution in [-0.4, -0.2) is 33.5 Å². The summed E-state index contributed by atoms with van der Waals surface area (Å²) in [7, 11) is 0. The van der Waals surface area contributed by atoms with Gasteiger partial charge in [0.15, 0.2) is 23.3 Å². The van der Waals surface area contributed by atoms with Crippen LogP contribution in [-0.2, 0) is 9.59 Å². The molecule has 1 rings (SSSR count). The van der Waals surface area contributed by atoms with Crippen molar-refractivity contribution in [2.45, 2.75) is 32.5 Å². The van der Waals surface area contributed by atoms with Crippen LogP contribution >= 0.6 is 0 Å². The van der Waals surface area contributed by atoms with Crippen LogP contribution in [0.1, 0.15) is 20.8 Å². The number of aliphatic hydroxyl groups is 2. The molecule has 2 N–H and O–H groups in total. The maximum Gasteiger partial charge on any atom is 0.193 e. The van der Waals surface area contributed by atoms with Crippen LogP contribution in [0, 0.1) is 0 Å². The molecule has 0 bridgehead atoms. The number of aliphatic hydroxyl groups excluding tert-OH is 1. The fraction of sp³-hybridized carbons (Fsp3) is 0.556. The first-order chi connectivity index (χ1) is 5.80. The van der Waals surface area contributed by atoms with E-state index in [1.807, 2.05) is 0 Å². The highest BCUT2D eigenvalue weighted by atomic mass is 16.4. The highest BCUT2D eigenvalue weighted by Gasteiger charge is 2.47. The minimum atomic E-state index is -1.97. The first-order valence-corrected chi connectivity index (χ1v) is 3.97. The quantitative estimate of drug-likeness (QED) is 0.536. The molecule has 0 aromatic carbocycles. The summed E-state index contributed by atoms with van der Waals surface area (Å²) in [4.78, 5) is 22.7. The minimum Gasteiger partial charge on any atom is -0.381 e. The third kappa shape index (κ3) is 1.22. The summed E-state index contributed by atoms with van der Waals surface area (Å²) >= 11 is 0. The molecule has 0 unspecified atom stereocenters. The molecule has 0 saturated carbocycles. The molecule has 0 amide bonds. The molecular formula is C9H12O4. The lowest BCUT2D eigenvalue weighted by molar-refractivity contribution is -0.154. The Labute approximate surface area is 75.9 Å². The molecule has 0 aliphatic heterocycles. The number of hydrogen-bond donors (Lipinski definition) is 2. The van der Waals surface area contributed by atoms with Gasteiger partial charge in [-0.25, -0.2) is 0 Å². The van der Waals surface area contributed by atoms with E-state index in [-0.39, 0.29) is 11.1 Å². The van der Waals surface area contributed by atoms with Gasteiger partial charge in [-0.2, -0.15) is 0 Å². The Bertz CT molecular complexity index is 312. The standard InChI is InChI=1S/C9H12O4/c1-4-5(2)7(11)9(3,13)8(12)6(4)10/h8,12-13H,1-3H3/t8-,9+/m0/s1. The molecule has 2 atom stereocenters. The van der Waals surface area contributed by atoms with Crippen molar-refractivity contribution in [2.24, 2.45) is 0 Å². The normalized spacial score (nSPS) is 35.6. The lowest BCUT2D eigenvalue weighted by Crippen LogP contribution is -2.54. The first-order valence-electron chi connectivity index (χ1n) is 3.97. The fourth-order valence-corrected chi connectivity index (χ4v) is 1.32. The molecule has 0 aromatic heterocycles. The molecule has 4 heteroatoms. The van der Waals surface area contributed by atoms with E-state index in [1.165, 1.54) is 13.8 Å². The number of ketones is 2. The average molecular weight is 184 g/mol. The van der Waals surface area contributed by atoms with Crippen LogP contribution in [0.5, 0.6) is 0 Å². The van der Waals surface area contributed by atoms with E-state index in [0.717, 1.165) is 6.92 Å². The van der Waals surface area contributed by atoms with Crippen molar-refractivity contribution in [2.75, 3.05) is 0 Å². The van der Waals surface area contributed by atoms with Crippen LogP contribution in [0.15, 0.2) is 11.1 Å². The molecule has 0 aromatic rings. The summed E-state index contributed by atoms with van der Waals surface area (Å²) < 4.78 is 0. The van der Waals surface area contributed by atoms with Gasteiger partial charge in [-0.3, -0.25) is 9.59 Å². The fourth-order valence-electron chi connectivity index (χ4n) is 1.32. The van der Waals surface area contributed by atoms with Crippen molar-refractivity contribution in [1.29, 1.82) is 0 Å². The molecule has 13 heavy (non-hydrogen) atoms. The molecule has 72 valence electrons. The topological polar surface area (TPSA) is 74.6 Å². The van der Waals surface area contributed by atoms with Crippen LogP contribution < -0.4 is 0 Å². The van der Waals surface area contributed by atoms with Gasteiger partial charge >= 0.3 is 0 Å². The van der Waals surface area contributed by atoms with Crippen LogP contribution in [0.2, 0.25) is 0 Å². The van der Waals surface area contributed by atoms with Gasteiger partial charge < -0.3 is 10.2 Å². The van der Waals surface area contributed by atoms with E-state index >= 15 is 0 Å². The zero-order valence-corrected chi connectivity index (χ0v) is 7.79. The average Bonchev–Trinajstić information content (AvgIpc) is 2.09.